The minimum Gasteiger partial charge on any atom is -0.453 e. The number of anilines is 1. The van der Waals surface area contributed by atoms with Crippen LogP contribution in [0.5, 0.6) is 0 Å². The molecule has 0 unspecified atom stereocenters. The van der Waals surface area contributed by atoms with Crippen LogP contribution in [0.2, 0.25) is 0 Å². The molecule has 0 saturated carbocycles. The number of nitrogens with zero attached hydrogens (tertiary/aromatic N) is 1. The van der Waals surface area contributed by atoms with E-state index in [1.165, 1.54) is 6.92 Å². The summed E-state index contributed by atoms with van der Waals surface area (Å²) in [6.07, 6.45) is -0.525. The first-order valence-corrected chi connectivity index (χ1v) is 6.96. The lowest BCUT2D eigenvalue weighted by atomic mass is 10.2. The van der Waals surface area contributed by atoms with Crippen molar-refractivity contribution in [1.82, 2.24) is 5.32 Å². The number of nitrogens with one attached hydrogen (secondary N) is 2. The van der Waals surface area contributed by atoms with Gasteiger partial charge in [0, 0.05) is 18.7 Å². The van der Waals surface area contributed by atoms with Gasteiger partial charge in [-0.1, -0.05) is 0 Å². The normalized spacial score (nSPS) is 11.0. The van der Waals surface area contributed by atoms with Crippen molar-refractivity contribution in [3.05, 3.63) is 29.8 Å². The summed E-state index contributed by atoms with van der Waals surface area (Å²) in [5.74, 6) is -1.02. The summed E-state index contributed by atoms with van der Waals surface area (Å²) in [5.41, 5.74) is 5.87. The summed E-state index contributed by atoms with van der Waals surface area (Å²) in [6.45, 7) is 1.72. The monoisotopic (exact) mass is 318 g/mol. The van der Waals surface area contributed by atoms with Crippen molar-refractivity contribution in [3.63, 3.8) is 0 Å². The number of hydrogen-bond acceptors (Lipinski definition) is 5. The van der Waals surface area contributed by atoms with Gasteiger partial charge in [-0.05, 0) is 37.6 Å². The topological polar surface area (TPSA) is 134 Å². The third-order valence-electron chi connectivity index (χ3n) is 2.82. The molecule has 3 amide bonds. The average Bonchev–Trinajstić information content (AvgIpc) is 2.52. The van der Waals surface area contributed by atoms with E-state index in [1.54, 1.807) is 24.3 Å². The van der Waals surface area contributed by atoms with Crippen molar-refractivity contribution >= 4 is 23.6 Å². The first-order chi connectivity index (χ1) is 10.9. The predicted octanol–water partition coefficient (Wildman–Crippen LogP) is 0.877. The Labute approximate surface area is 133 Å². The van der Waals surface area contributed by atoms with Crippen LogP contribution >= 0.6 is 0 Å². The summed E-state index contributed by atoms with van der Waals surface area (Å²) >= 11 is 0. The molecule has 0 bridgehead atoms. The zero-order valence-corrected chi connectivity index (χ0v) is 12.7. The second kappa shape index (κ2) is 9.04. The fourth-order valence-electron chi connectivity index (χ4n) is 1.63. The molecule has 0 aliphatic carbocycles. The highest BCUT2D eigenvalue weighted by atomic mass is 16.5. The van der Waals surface area contributed by atoms with Gasteiger partial charge in [0.15, 0.2) is 6.10 Å². The molecule has 0 heterocycles. The van der Waals surface area contributed by atoms with Crippen molar-refractivity contribution in [1.29, 1.82) is 5.26 Å². The van der Waals surface area contributed by atoms with E-state index >= 15 is 0 Å². The Hall–Kier alpha value is -3.08. The van der Waals surface area contributed by atoms with E-state index in [-0.39, 0.29) is 13.0 Å². The van der Waals surface area contributed by atoms with Gasteiger partial charge in [0.1, 0.15) is 0 Å². The van der Waals surface area contributed by atoms with Gasteiger partial charge < -0.3 is 21.1 Å². The molecule has 4 N–H and O–H groups in total. The number of carbonyl (C=O) groups is 3. The molecule has 0 saturated heterocycles. The molecule has 0 aliphatic rings. The van der Waals surface area contributed by atoms with Crippen molar-refractivity contribution < 1.29 is 19.1 Å². The molecule has 1 rings (SSSR count). The van der Waals surface area contributed by atoms with Gasteiger partial charge in [-0.3, -0.25) is 9.59 Å². The number of carbonyl (C=O) groups excluding carboxylic acids is 3. The lowest BCUT2D eigenvalue weighted by Crippen LogP contribution is -2.31. The van der Waals surface area contributed by atoms with Crippen LogP contribution in [0.4, 0.5) is 10.5 Å². The minimum atomic E-state index is -0.956. The maximum atomic E-state index is 11.9. The summed E-state index contributed by atoms with van der Waals surface area (Å²) in [4.78, 5) is 33.9. The molecular weight excluding hydrogens is 300 g/mol. The van der Waals surface area contributed by atoms with Crippen LogP contribution in [0, 0.1) is 11.3 Å². The highest BCUT2D eigenvalue weighted by Gasteiger charge is 2.17. The molecule has 122 valence electrons. The molecule has 23 heavy (non-hydrogen) atoms. The van der Waals surface area contributed by atoms with E-state index < -0.39 is 24.0 Å². The van der Waals surface area contributed by atoms with Gasteiger partial charge in [-0.2, -0.15) is 5.26 Å². The van der Waals surface area contributed by atoms with E-state index in [1.807, 2.05) is 6.07 Å². The SMILES string of the molecule is C[C@@H](OC(=O)CCCNC(N)=O)C(=O)Nc1ccc(C#N)cc1. The van der Waals surface area contributed by atoms with Gasteiger partial charge in [-0.25, -0.2) is 4.79 Å². The first kappa shape index (κ1) is 18.0. The highest BCUT2D eigenvalue weighted by molar-refractivity contribution is 5.95. The van der Waals surface area contributed by atoms with Crippen molar-refractivity contribution in [2.24, 2.45) is 5.73 Å². The number of rotatable bonds is 7. The summed E-state index contributed by atoms with van der Waals surface area (Å²) in [7, 11) is 0. The minimum absolute atomic E-state index is 0.0643. The van der Waals surface area contributed by atoms with Crippen LogP contribution in [0.3, 0.4) is 0 Å². The molecule has 8 nitrogen and oxygen atoms in total. The van der Waals surface area contributed by atoms with Crippen LogP contribution < -0.4 is 16.4 Å². The number of nitrogens with two attached hydrogens (primary N) is 1. The third-order valence-corrected chi connectivity index (χ3v) is 2.82. The Kier molecular flexibility index (Phi) is 7.07. The Morgan fingerprint density at radius 2 is 1.96 bits per heavy atom. The van der Waals surface area contributed by atoms with Crippen LogP contribution in [0.25, 0.3) is 0 Å². The zero-order chi connectivity index (χ0) is 17.2. The van der Waals surface area contributed by atoms with Gasteiger partial charge in [0.05, 0.1) is 11.6 Å². The summed E-state index contributed by atoms with van der Waals surface area (Å²) < 4.78 is 4.99. The number of primary amides is 1. The average molecular weight is 318 g/mol. The van der Waals surface area contributed by atoms with Crippen LogP contribution in [0.15, 0.2) is 24.3 Å². The van der Waals surface area contributed by atoms with E-state index in [0.717, 1.165) is 0 Å². The van der Waals surface area contributed by atoms with E-state index in [9.17, 15) is 14.4 Å². The second-order valence-corrected chi connectivity index (χ2v) is 4.71. The fraction of sp³-hybridized carbons (Fsp3) is 0.333. The molecule has 1 atom stereocenters. The Morgan fingerprint density at radius 1 is 1.30 bits per heavy atom. The summed E-state index contributed by atoms with van der Waals surface area (Å²) in [5, 5.41) is 13.6. The van der Waals surface area contributed by atoms with Crippen molar-refractivity contribution in [2.45, 2.75) is 25.9 Å². The Balaban J connectivity index is 2.36. The zero-order valence-electron chi connectivity index (χ0n) is 12.7. The fourth-order valence-corrected chi connectivity index (χ4v) is 1.63. The summed E-state index contributed by atoms with van der Waals surface area (Å²) in [6, 6.07) is 7.62. The number of ether oxygens (including phenoxy) is 1. The molecule has 1 aromatic rings. The predicted molar refractivity (Wildman–Crippen MR) is 82.2 cm³/mol. The van der Waals surface area contributed by atoms with E-state index in [4.69, 9.17) is 15.7 Å². The number of hydrogen-bond donors (Lipinski definition) is 3. The number of benzene rings is 1. The Morgan fingerprint density at radius 3 is 2.52 bits per heavy atom. The van der Waals surface area contributed by atoms with Crippen LogP contribution in [0.1, 0.15) is 25.3 Å². The van der Waals surface area contributed by atoms with Gasteiger partial charge in [0.2, 0.25) is 0 Å². The van der Waals surface area contributed by atoms with Crippen molar-refractivity contribution in [3.8, 4) is 6.07 Å². The number of amides is 3. The smallest absolute Gasteiger partial charge is 0.312 e. The van der Waals surface area contributed by atoms with Gasteiger partial charge in [-0.15, -0.1) is 0 Å². The van der Waals surface area contributed by atoms with E-state index in [2.05, 4.69) is 10.6 Å². The molecule has 0 aromatic heterocycles. The highest BCUT2D eigenvalue weighted by Crippen LogP contribution is 2.10. The van der Waals surface area contributed by atoms with Crippen molar-refractivity contribution in [2.75, 3.05) is 11.9 Å². The van der Waals surface area contributed by atoms with Crippen LogP contribution in [-0.2, 0) is 14.3 Å². The van der Waals surface area contributed by atoms with Gasteiger partial charge in [0.25, 0.3) is 5.91 Å². The quantitative estimate of drug-likeness (QED) is 0.506. The molecule has 0 fully saturated rings. The number of nitriles is 1. The lowest BCUT2D eigenvalue weighted by molar-refractivity contribution is -0.153. The number of urea groups is 1. The molecule has 0 spiro atoms. The standard InChI is InChI=1S/C15H18N4O4/c1-10(23-13(20)3-2-8-18-15(17)22)14(21)19-12-6-4-11(9-16)5-7-12/h4-7,10H,2-3,8H2,1H3,(H,19,21)(H3,17,18,22)/t10-/m1/s1. The molecular formula is C15H18N4O4. The lowest BCUT2D eigenvalue weighted by Gasteiger charge is -2.13. The Bertz CT molecular complexity index is 607. The largest absolute Gasteiger partial charge is 0.453 e. The van der Waals surface area contributed by atoms with E-state index in [0.29, 0.717) is 17.7 Å². The molecule has 8 heteroatoms. The maximum absolute atomic E-state index is 11.9. The maximum Gasteiger partial charge on any atom is 0.312 e. The van der Waals surface area contributed by atoms with Crippen LogP contribution in [-0.4, -0.2) is 30.6 Å². The molecule has 0 aliphatic heterocycles. The molecule has 1 aromatic carbocycles. The second-order valence-electron chi connectivity index (χ2n) is 4.71. The molecule has 0 radical (unpaired) electrons. The van der Waals surface area contributed by atoms with Gasteiger partial charge >= 0.3 is 12.0 Å². The first-order valence-electron chi connectivity index (χ1n) is 6.96. The number of esters is 1. The third kappa shape index (κ3) is 6.95.